The lowest BCUT2D eigenvalue weighted by Gasteiger charge is -2.28. The number of unbranched alkanes of at least 4 members (excludes halogenated alkanes) is 1. The molecule has 35 heavy (non-hydrogen) atoms. The summed E-state index contributed by atoms with van der Waals surface area (Å²) in [5, 5.41) is 3.14. The molecule has 2 aromatic carbocycles. The van der Waals surface area contributed by atoms with Crippen LogP contribution in [0.1, 0.15) is 76.8 Å². The number of rotatable bonds is 16. The van der Waals surface area contributed by atoms with Gasteiger partial charge in [-0.3, -0.25) is 9.59 Å². The van der Waals surface area contributed by atoms with Gasteiger partial charge in [0.1, 0.15) is 0 Å². The summed E-state index contributed by atoms with van der Waals surface area (Å²) in [6.45, 7) is 12.8. The molecule has 0 saturated heterocycles. The molecule has 0 aromatic heterocycles. The minimum atomic E-state index is -0.365. The van der Waals surface area contributed by atoms with Crippen molar-refractivity contribution in [2.45, 2.75) is 71.8 Å². The Kier molecular flexibility index (Phi) is 13.1. The summed E-state index contributed by atoms with van der Waals surface area (Å²) in [5.41, 5.74) is 1.97. The number of carbonyl (C=O) groups is 2. The number of amides is 2. The highest BCUT2D eigenvalue weighted by molar-refractivity contribution is 5.87. The molecule has 1 atom stereocenters. The van der Waals surface area contributed by atoms with E-state index in [0.717, 1.165) is 56.4 Å². The van der Waals surface area contributed by atoms with Gasteiger partial charge in [-0.1, -0.05) is 87.9 Å². The highest BCUT2D eigenvalue weighted by Gasteiger charge is 2.27. The Hall–Kier alpha value is -2.66. The topological polar surface area (TPSA) is 52.7 Å². The summed E-state index contributed by atoms with van der Waals surface area (Å²) in [7, 11) is 0. The van der Waals surface area contributed by atoms with Crippen molar-refractivity contribution in [3.05, 3.63) is 71.8 Å². The molecular weight excluding hydrogens is 434 g/mol. The monoisotopic (exact) mass is 479 g/mol. The van der Waals surface area contributed by atoms with E-state index in [1.54, 1.807) is 0 Å². The van der Waals surface area contributed by atoms with Gasteiger partial charge >= 0.3 is 0 Å². The molecule has 5 nitrogen and oxygen atoms in total. The zero-order valence-corrected chi connectivity index (χ0v) is 22.2. The normalized spacial score (nSPS) is 12.1. The van der Waals surface area contributed by atoms with E-state index in [2.05, 4.69) is 37.9 Å². The van der Waals surface area contributed by atoms with Crippen LogP contribution in [-0.4, -0.2) is 60.4 Å². The summed E-state index contributed by atoms with van der Waals surface area (Å²) in [6.07, 6.45) is 4.28. The second-order valence-electron chi connectivity index (χ2n) is 9.32. The maximum absolute atomic E-state index is 13.8. The first kappa shape index (κ1) is 28.6. The average Bonchev–Trinajstić information content (AvgIpc) is 2.88. The zero-order valence-electron chi connectivity index (χ0n) is 22.2. The third-order valence-corrected chi connectivity index (χ3v) is 6.63. The number of nitrogens with one attached hydrogen (secondary N) is 1. The fourth-order valence-electron chi connectivity index (χ4n) is 4.45. The van der Waals surface area contributed by atoms with E-state index < -0.39 is 0 Å². The van der Waals surface area contributed by atoms with Gasteiger partial charge in [-0.2, -0.15) is 0 Å². The van der Waals surface area contributed by atoms with Crippen molar-refractivity contribution in [1.82, 2.24) is 15.1 Å². The van der Waals surface area contributed by atoms with E-state index >= 15 is 0 Å². The van der Waals surface area contributed by atoms with Crippen LogP contribution in [-0.2, 0) is 9.59 Å². The Balaban J connectivity index is 2.01. The number of nitrogens with zero attached hydrogens (tertiary/aromatic N) is 2. The SMILES string of the molecule is CCCCN(CCC(=O)NC(C)CCCN(CC)CC)C(=O)C(c1ccccc1)c1ccccc1. The van der Waals surface area contributed by atoms with Crippen LogP contribution in [0.15, 0.2) is 60.7 Å². The molecular formula is C30H45N3O2. The number of carbonyl (C=O) groups excluding carboxylic acids is 2. The largest absolute Gasteiger partial charge is 0.354 e. The van der Waals surface area contributed by atoms with Crippen molar-refractivity contribution in [3.63, 3.8) is 0 Å². The van der Waals surface area contributed by atoms with Gasteiger partial charge in [0, 0.05) is 25.6 Å². The van der Waals surface area contributed by atoms with Crippen LogP contribution < -0.4 is 5.32 Å². The highest BCUT2D eigenvalue weighted by Crippen LogP contribution is 2.27. The predicted molar refractivity (Wildman–Crippen MR) is 145 cm³/mol. The van der Waals surface area contributed by atoms with Crippen LogP contribution in [0.2, 0.25) is 0 Å². The molecule has 0 saturated carbocycles. The molecule has 0 aliphatic heterocycles. The molecule has 0 spiro atoms. The van der Waals surface area contributed by atoms with Crippen LogP contribution >= 0.6 is 0 Å². The Morgan fingerprint density at radius 2 is 1.37 bits per heavy atom. The Morgan fingerprint density at radius 1 is 0.800 bits per heavy atom. The molecule has 2 aromatic rings. The van der Waals surface area contributed by atoms with Crippen LogP contribution in [0.4, 0.5) is 0 Å². The number of benzene rings is 2. The van der Waals surface area contributed by atoms with Gasteiger partial charge in [0.2, 0.25) is 11.8 Å². The molecule has 5 heteroatoms. The molecule has 1 unspecified atom stereocenters. The van der Waals surface area contributed by atoms with Gasteiger partial charge in [-0.05, 0) is 56.9 Å². The van der Waals surface area contributed by atoms with Crippen molar-refractivity contribution in [1.29, 1.82) is 0 Å². The Labute approximate surface area is 212 Å². The fraction of sp³-hybridized carbons (Fsp3) is 0.533. The van der Waals surface area contributed by atoms with Crippen molar-refractivity contribution in [3.8, 4) is 0 Å². The lowest BCUT2D eigenvalue weighted by molar-refractivity contribution is -0.132. The lowest BCUT2D eigenvalue weighted by Crippen LogP contribution is -2.40. The second kappa shape index (κ2) is 16.1. The van der Waals surface area contributed by atoms with E-state index in [1.165, 1.54) is 0 Å². The quantitative estimate of drug-likeness (QED) is 0.348. The smallest absolute Gasteiger partial charge is 0.234 e. The molecule has 0 fully saturated rings. The molecule has 0 aliphatic carbocycles. The van der Waals surface area contributed by atoms with Gasteiger partial charge in [-0.25, -0.2) is 0 Å². The summed E-state index contributed by atoms with van der Waals surface area (Å²) in [5.74, 6) is -0.280. The third-order valence-electron chi connectivity index (χ3n) is 6.63. The van der Waals surface area contributed by atoms with Gasteiger partial charge in [0.15, 0.2) is 0 Å². The molecule has 192 valence electrons. The van der Waals surface area contributed by atoms with E-state index in [9.17, 15) is 9.59 Å². The molecule has 0 bridgehead atoms. The predicted octanol–water partition coefficient (Wildman–Crippen LogP) is 5.46. The highest BCUT2D eigenvalue weighted by atomic mass is 16.2. The van der Waals surface area contributed by atoms with Crippen LogP contribution in [0.5, 0.6) is 0 Å². The third kappa shape index (κ3) is 9.85. The van der Waals surface area contributed by atoms with Gasteiger partial charge in [0.25, 0.3) is 0 Å². The van der Waals surface area contributed by atoms with Crippen molar-refractivity contribution in [2.75, 3.05) is 32.7 Å². The Bertz CT molecular complexity index is 813. The summed E-state index contributed by atoms with van der Waals surface area (Å²) < 4.78 is 0. The van der Waals surface area contributed by atoms with E-state index in [-0.39, 0.29) is 23.8 Å². The van der Waals surface area contributed by atoms with Crippen molar-refractivity contribution in [2.24, 2.45) is 0 Å². The first-order chi connectivity index (χ1) is 17.0. The maximum Gasteiger partial charge on any atom is 0.234 e. The minimum Gasteiger partial charge on any atom is -0.354 e. The first-order valence-electron chi connectivity index (χ1n) is 13.4. The second-order valence-corrected chi connectivity index (χ2v) is 9.32. The van der Waals surface area contributed by atoms with Gasteiger partial charge < -0.3 is 15.1 Å². The number of hydrogen-bond donors (Lipinski definition) is 1. The van der Waals surface area contributed by atoms with Gasteiger partial charge in [-0.15, -0.1) is 0 Å². The fourth-order valence-corrected chi connectivity index (χ4v) is 4.45. The molecule has 0 aliphatic rings. The van der Waals surface area contributed by atoms with E-state index in [1.807, 2.05) is 65.6 Å². The van der Waals surface area contributed by atoms with E-state index in [4.69, 9.17) is 0 Å². The van der Waals surface area contributed by atoms with Gasteiger partial charge in [0.05, 0.1) is 5.92 Å². The molecule has 0 radical (unpaired) electrons. The molecule has 2 amide bonds. The lowest BCUT2D eigenvalue weighted by atomic mass is 9.90. The average molecular weight is 480 g/mol. The molecule has 0 heterocycles. The minimum absolute atomic E-state index is 0.0191. The molecule has 1 N–H and O–H groups in total. The first-order valence-corrected chi connectivity index (χ1v) is 13.4. The maximum atomic E-state index is 13.8. The van der Waals surface area contributed by atoms with Crippen LogP contribution in [0.25, 0.3) is 0 Å². The summed E-state index contributed by atoms with van der Waals surface area (Å²) in [4.78, 5) is 30.8. The van der Waals surface area contributed by atoms with Crippen molar-refractivity contribution < 1.29 is 9.59 Å². The van der Waals surface area contributed by atoms with Crippen molar-refractivity contribution >= 4 is 11.8 Å². The van der Waals surface area contributed by atoms with Crippen LogP contribution in [0, 0.1) is 0 Å². The summed E-state index contributed by atoms with van der Waals surface area (Å²) >= 11 is 0. The summed E-state index contributed by atoms with van der Waals surface area (Å²) in [6, 6.07) is 20.0. The van der Waals surface area contributed by atoms with E-state index in [0.29, 0.717) is 19.5 Å². The van der Waals surface area contributed by atoms with Crippen LogP contribution in [0.3, 0.4) is 0 Å². The standard InChI is InChI=1S/C30H45N3O2/c1-5-8-23-33(24-21-28(34)31-25(4)16-15-22-32(6-2)7-3)30(35)29(26-17-11-9-12-18-26)27-19-13-10-14-20-27/h9-14,17-20,25,29H,5-8,15-16,21-24H2,1-4H3,(H,31,34). The molecule has 2 rings (SSSR count). The zero-order chi connectivity index (χ0) is 25.5. The Morgan fingerprint density at radius 3 is 1.89 bits per heavy atom. The number of hydrogen-bond acceptors (Lipinski definition) is 3.